The lowest BCUT2D eigenvalue weighted by Crippen LogP contribution is -2.20. The molecular formula is C14H16N2O2. The number of benzene rings is 1. The van der Waals surface area contributed by atoms with E-state index in [1.807, 2.05) is 24.3 Å². The normalized spacial score (nSPS) is 9.00. The predicted molar refractivity (Wildman–Crippen MR) is 70.9 cm³/mol. The summed E-state index contributed by atoms with van der Waals surface area (Å²) in [5.41, 5.74) is 1.57. The zero-order valence-electron chi connectivity index (χ0n) is 10.5. The molecular weight excluding hydrogens is 228 g/mol. The van der Waals surface area contributed by atoms with Crippen LogP contribution in [0.3, 0.4) is 0 Å². The summed E-state index contributed by atoms with van der Waals surface area (Å²) in [5, 5.41) is 5.37. The molecule has 0 unspecified atom stereocenters. The van der Waals surface area contributed by atoms with E-state index in [1.54, 1.807) is 0 Å². The maximum atomic E-state index is 10.9. The van der Waals surface area contributed by atoms with Gasteiger partial charge in [0.1, 0.15) is 0 Å². The van der Waals surface area contributed by atoms with E-state index >= 15 is 0 Å². The van der Waals surface area contributed by atoms with E-state index in [4.69, 9.17) is 0 Å². The number of rotatable bonds is 3. The van der Waals surface area contributed by atoms with Crippen molar-refractivity contribution in [3.63, 3.8) is 0 Å². The van der Waals surface area contributed by atoms with Crippen LogP contribution in [-0.2, 0) is 9.59 Å². The van der Waals surface area contributed by atoms with Gasteiger partial charge in [0.25, 0.3) is 0 Å². The zero-order valence-corrected chi connectivity index (χ0v) is 10.5. The van der Waals surface area contributed by atoms with Crippen LogP contribution >= 0.6 is 0 Å². The molecule has 1 aromatic carbocycles. The second kappa shape index (κ2) is 7.13. The van der Waals surface area contributed by atoms with Crippen LogP contribution in [0, 0.1) is 11.8 Å². The van der Waals surface area contributed by atoms with Crippen molar-refractivity contribution >= 4 is 17.5 Å². The van der Waals surface area contributed by atoms with Crippen LogP contribution in [0.1, 0.15) is 25.8 Å². The van der Waals surface area contributed by atoms with Crippen LogP contribution in [0.15, 0.2) is 24.3 Å². The second-order valence-electron chi connectivity index (χ2n) is 3.80. The van der Waals surface area contributed by atoms with Crippen molar-refractivity contribution < 1.29 is 9.59 Å². The number of hydrogen-bond donors (Lipinski definition) is 2. The van der Waals surface area contributed by atoms with Crippen LogP contribution in [0.2, 0.25) is 0 Å². The van der Waals surface area contributed by atoms with Gasteiger partial charge in [-0.3, -0.25) is 9.59 Å². The molecule has 0 bridgehead atoms. The third-order valence-electron chi connectivity index (χ3n) is 2.04. The van der Waals surface area contributed by atoms with Gasteiger partial charge in [0.2, 0.25) is 11.8 Å². The Morgan fingerprint density at radius 1 is 1.22 bits per heavy atom. The lowest BCUT2D eigenvalue weighted by atomic mass is 10.2. The van der Waals surface area contributed by atoms with Gasteiger partial charge in [-0.05, 0) is 18.2 Å². The van der Waals surface area contributed by atoms with Gasteiger partial charge in [0.05, 0.1) is 0 Å². The Hall–Kier alpha value is -2.28. The van der Waals surface area contributed by atoms with Crippen LogP contribution in [0.25, 0.3) is 0 Å². The van der Waals surface area contributed by atoms with Gasteiger partial charge < -0.3 is 10.6 Å². The van der Waals surface area contributed by atoms with Gasteiger partial charge in [-0.25, -0.2) is 0 Å². The van der Waals surface area contributed by atoms with Crippen LogP contribution in [0.4, 0.5) is 5.69 Å². The number of amides is 2. The molecule has 0 saturated heterocycles. The maximum Gasteiger partial charge on any atom is 0.221 e. The average molecular weight is 244 g/mol. The van der Waals surface area contributed by atoms with E-state index in [9.17, 15) is 9.59 Å². The van der Waals surface area contributed by atoms with Gasteiger partial charge in [0, 0.05) is 38.1 Å². The van der Waals surface area contributed by atoms with Gasteiger partial charge in [-0.2, -0.15) is 0 Å². The first kappa shape index (κ1) is 13.8. The van der Waals surface area contributed by atoms with E-state index in [0.717, 1.165) is 11.3 Å². The summed E-state index contributed by atoms with van der Waals surface area (Å²) in [7, 11) is 0. The molecule has 1 aromatic rings. The summed E-state index contributed by atoms with van der Waals surface area (Å²) < 4.78 is 0. The number of hydrogen-bond acceptors (Lipinski definition) is 2. The summed E-state index contributed by atoms with van der Waals surface area (Å²) in [6, 6.07) is 7.33. The third kappa shape index (κ3) is 5.71. The second-order valence-corrected chi connectivity index (χ2v) is 3.80. The summed E-state index contributed by atoms with van der Waals surface area (Å²) >= 11 is 0. The fourth-order valence-corrected chi connectivity index (χ4v) is 1.34. The smallest absolute Gasteiger partial charge is 0.221 e. The van der Waals surface area contributed by atoms with Crippen molar-refractivity contribution in [1.82, 2.24) is 5.32 Å². The molecule has 94 valence electrons. The van der Waals surface area contributed by atoms with Gasteiger partial charge in [-0.15, -0.1) is 0 Å². The summed E-state index contributed by atoms with van der Waals surface area (Å²) in [6.45, 7) is 3.49. The molecule has 4 nitrogen and oxygen atoms in total. The molecule has 0 aliphatic rings. The fraction of sp³-hybridized carbons (Fsp3) is 0.286. The highest BCUT2D eigenvalue weighted by atomic mass is 16.2. The Bertz CT molecular complexity index is 498. The third-order valence-corrected chi connectivity index (χ3v) is 2.04. The van der Waals surface area contributed by atoms with Crippen molar-refractivity contribution in [2.75, 3.05) is 11.9 Å². The molecule has 2 amide bonds. The Morgan fingerprint density at radius 3 is 2.67 bits per heavy atom. The first-order valence-electron chi connectivity index (χ1n) is 5.69. The molecule has 4 heteroatoms. The SMILES string of the molecule is CC(=O)NCCC#Cc1cccc(NC(C)=O)c1. The van der Waals surface area contributed by atoms with E-state index in [1.165, 1.54) is 13.8 Å². The Morgan fingerprint density at radius 2 is 2.00 bits per heavy atom. The molecule has 0 saturated carbocycles. The van der Waals surface area contributed by atoms with E-state index in [-0.39, 0.29) is 11.8 Å². The molecule has 1 rings (SSSR count). The first-order valence-corrected chi connectivity index (χ1v) is 5.69. The fourth-order valence-electron chi connectivity index (χ4n) is 1.34. The topological polar surface area (TPSA) is 58.2 Å². The highest BCUT2D eigenvalue weighted by Crippen LogP contribution is 2.09. The minimum absolute atomic E-state index is 0.0514. The Balaban J connectivity index is 2.54. The minimum atomic E-state index is -0.106. The maximum absolute atomic E-state index is 10.9. The van der Waals surface area contributed by atoms with Crippen molar-refractivity contribution in [3.05, 3.63) is 29.8 Å². The van der Waals surface area contributed by atoms with E-state index in [2.05, 4.69) is 22.5 Å². The predicted octanol–water partition coefficient (Wildman–Crippen LogP) is 1.52. The number of carbonyl (C=O) groups excluding carboxylic acids is 2. The number of nitrogens with one attached hydrogen (secondary N) is 2. The first-order chi connectivity index (χ1) is 8.58. The molecule has 0 atom stereocenters. The zero-order chi connectivity index (χ0) is 13.4. The van der Waals surface area contributed by atoms with Crippen LogP contribution in [0.5, 0.6) is 0 Å². The van der Waals surface area contributed by atoms with Crippen molar-refractivity contribution in [2.24, 2.45) is 0 Å². The van der Waals surface area contributed by atoms with E-state index in [0.29, 0.717) is 13.0 Å². The molecule has 2 N–H and O–H groups in total. The van der Waals surface area contributed by atoms with Crippen molar-refractivity contribution in [2.45, 2.75) is 20.3 Å². The monoisotopic (exact) mass is 244 g/mol. The van der Waals surface area contributed by atoms with E-state index < -0.39 is 0 Å². The Labute approximate surface area is 107 Å². The van der Waals surface area contributed by atoms with Gasteiger partial charge in [-0.1, -0.05) is 17.9 Å². The standard InChI is InChI=1S/C14H16N2O2/c1-11(17)15-9-4-3-6-13-7-5-8-14(10-13)16-12(2)18/h5,7-8,10H,4,9H2,1-2H3,(H,15,17)(H,16,18). The summed E-state index contributed by atoms with van der Waals surface area (Å²) in [6.07, 6.45) is 0.601. The van der Waals surface area contributed by atoms with Crippen molar-refractivity contribution in [3.8, 4) is 11.8 Å². The lowest BCUT2D eigenvalue weighted by Gasteiger charge is -2.01. The van der Waals surface area contributed by atoms with Crippen molar-refractivity contribution in [1.29, 1.82) is 0 Å². The molecule has 0 aliphatic heterocycles. The lowest BCUT2D eigenvalue weighted by molar-refractivity contribution is -0.119. The van der Waals surface area contributed by atoms with Gasteiger partial charge in [0.15, 0.2) is 0 Å². The van der Waals surface area contributed by atoms with Gasteiger partial charge >= 0.3 is 0 Å². The van der Waals surface area contributed by atoms with Crippen LogP contribution < -0.4 is 10.6 Å². The quantitative estimate of drug-likeness (QED) is 0.625. The molecule has 0 spiro atoms. The highest BCUT2D eigenvalue weighted by Gasteiger charge is 1.95. The summed E-state index contributed by atoms with van der Waals surface area (Å²) in [5.74, 6) is 5.78. The minimum Gasteiger partial charge on any atom is -0.355 e. The Kier molecular flexibility index (Phi) is 5.46. The highest BCUT2D eigenvalue weighted by molar-refractivity contribution is 5.88. The largest absolute Gasteiger partial charge is 0.355 e. The molecule has 0 radical (unpaired) electrons. The number of anilines is 1. The molecule has 0 heterocycles. The molecule has 18 heavy (non-hydrogen) atoms. The molecule has 0 aromatic heterocycles. The summed E-state index contributed by atoms with van der Waals surface area (Å²) in [4.78, 5) is 21.5. The molecule has 0 fully saturated rings. The number of carbonyl (C=O) groups is 2. The molecule has 0 aliphatic carbocycles. The van der Waals surface area contributed by atoms with Crippen LogP contribution in [-0.4, -0.2) is 18.4 Å². The average Bonchev–Trinajstić information content (AvgIpc) is 2.27.